The second kappa shape index (κ2) is 44.8. The first-order chi connectivity index (χ1) is 48.3. The van der Waals surface area contributed by atoms with E-state index in [0.717, 1.165) is 114 Å². The summed E-state index contributed by atoms with van der Waals surface area (Å²) in [5.74, 6) is -18.7. The highest BCUT2D eigenvalue weighted by Gasteiger charge is 2.45. The second-order valence-electron chi connectivity index (χ2n) is 25.1. The number of hydrogen-bond acceptors (Lipinski definition) is 18. The number of rotatable bonds is 39. The van der Waals surface area contributed by atoms with Crippen LogP contribution in [0.2, 0.25) is 0 Å². The molecule has 12 atom stereocenters. The smallest absolute Gasteiger partial charge is 0.334 e. The Balaban J connectivity index is 0.000000258. The van der Waals surface area contributed by atoms with Crippen LogP contribution >= 0.6 is 35.3 Å². The third-order valence-corrected chi connectivity index (χ3v) is 21.9. The van der Waals surface area contributed by atoms with Crippen molar-refractivity contribution in [2.45, 2.75) is 218 Å². The summed E-state index contributed by atoms with van der Waals surface area (Å²) in [4.78, 5) is 105. The molecule has 6 aliphatic heterocycles. The van der Waals surface area contributed by atoms with Crippen molar-refractivity contribution in [1.29, 1.82) is 0 Å². The maximum Gasteiger partial charge on any atom is 0.334 e. The number of amides is 8. The zero-order valence-corrected chi connectivity index (χ0v) is 59.2. The van der Waals surface area contributed by atoms with Crippen LogP contribution in [0.15, 0.2) is 12.1 Å². The predicted molar refractivity (Wildman–Crippen MR) is 365 cm³/mol. The molecule has 36 heteroatoms. The van der Waals surface area contributed by atoms with Crippen LogP contribution in [0.4, 0.5) is 49.5 Å². The second-order valence-corrected chi connectivity index (χ2v) is 28.9. The van der Waals surface area contributed by atoms with Gasteiger partial charge in [0.25, 0.3) is 0 Å². The number of carboxylic acids is 2. The molecule has 15 N–H and O–H groups in total. The van der Waals surface area contributed by atoms with E-state index in [2.05, 4.69) is 68.0 Å². The molecule has 568 valence electrons. The first-order valence-corrected chi connectivity index (χ1v) is 37.3. The van der Waals surface area contributed by atoms with Gasteiger partial charge in [0.1, 0.15) is 18.1 Å². The van der Waals surface area contributed by atoms with E-state index in [1.807, 2.05) is 25.9 Å². The average molecular weight is 1500 g/mol. The molecule has 0 aliphatic carbocycles. The molecular formula is C65H96F8N12O13S3. The van der Waals surface area contributed by atoms with E-state index in [9.17, 15) is 83.4 Å². The van der Waals surface area contributed by atoms with Crippen LogP contribution in [-0.2, 0) is 28.8 Å². The monoisotopic (exact) mass is 1500 g/mol. The number of carboxylic acid groups (broad SMARTS) is 2. The van der Waals surface area contributed by atoms with Gasteiger partial charge in [-0.2, -0.15) is 52.8 Å². The van der Waals surface area contributed by atoms with Gasteiger partial charge in [0, 0.05) is 64.4 Å². The van der Waals surface area contributed by atoms with Gasteiger partial charge in [0.2, 0.25) is 46.6 Å². The van der Waals surface area contributed by atoms with Crippen molar-refractivity contribution in [3.63, 3.8) is 0 Å². The van der Waals surface area contributed by atoms with E-state index >= 15 is 0 Å². The first kappa shape index (κ1) is 85.1. The lowest BCUT2D eigenvalue weighted by molar-refractivity contribution is -0.142. The number of carbonyl (C=O) groups is 9. The van der Waals surface area contributed by atoms with Gasteiger partial charge in [-0.25, -0.2) is 41.5 Å². The minimum Gasteiger partial charge on any atom is -0.480 e. The van der Waals surface area contributed by atoms with Crippen molar-refractivity contribution in [3.8, 4) is 11.5 Å². The normalized spacial score (nSPS) is 22.0. The quantitative estimate of drug-likeness (QED) is 0.00811. The molecule has 2 aromatic rings. The van der Waals surface area contributed by atoms with Crippen LogP contribution in [0, 0.1) is 46.5 Å². The fraction of sp³-hybridized carbons (Fsp3) is 0.677. The number of nitrogens with one attached hydrogen (secondary N) is 11. The van der Waals surface area contributed by atoms with Crippen molar-refractivity contribution >= 4 is 89.1 Å². The molecule has 0 spiro atoms. The molecule has 0 aromatic heterocycles. The highest BCUT2D eigenvalue weighted by Crippen LogP contribution is 2.36. The van der Waals surface area contributed by atoms with Crippen molar-refractivity contribution in [2.24, 2.45) is 5.73 Å². The fourth-order valence-electron chi connectivity index (χ4n) is 11.9. The Hall–Kier alpha value is -6.60. The molecule has 25 nitrogen and oxygen atoms in total. The number of unbranched alkanes of at least 4 members (excludes halogenated alkanes) is 8. The lowest BCUT2D eigenvalue weighted by Crippen LogP contribution is -2.43. The number of ether oxygens (including phenoxy) is 2. The minimum atomic E-state index is -1.83. The Morgan fingerprint density at radius 1 is 0.465 bits per heavy atom. The van der Waals surface area contributed by atoms with E-state index in [1.165, 1.54) is 0 Å². The summed E-state index contributed by atoms with van der Waals surface area (Å²) in [5.41, 5.74) is 5.28. The molecule has 8 amide bonds. The third kappa shape index (κ3) is 28.5. The third-order valence-electron chi connectivity index (χ3n) is 17.4. The van der Waals surface area contributed by atoms with Crippen LogP contribution < -0.4 is 73.7 Å². The zero-order chi connectivity index (χ0) is 74.1. The summed E-state index contributed by atoms with van der Waals surface area (Å²) >= 11 is 5.37. The van der Waals surface area contributed by atoms with Gasteiger partial charge < -0.3 is 83.9 Å². The van der Waals surface area contributed by atoms with Gasteiger partial charge in [-0.3, -0.25) is 19.2 Å². The summed E-state index contributed by atoms with van der Waals surface area (Å²) in [6.45, 7) is 2.60. The van der Waals surface area contributed by atoms with E-state index < -0.39 is 106 Å². The fourth-order valence-corrected chi connectivity index (χ4v) is 16.5. The van der Waals surface area contributed by atoms with Gasteiger partial charge in [-0.1, -0.05) is 51.4 Å². The Kier molecular flexibility index (Phi) is 37.7. The van der Waals surface area contributed by atoms with Crippen LogP contribution in [0.25, 0.3) is 0 Å². The summed E-state index contributed by atoms with van der Waals surface area (Å²) in [6, 6.07) is -2.32. The molecule has 0 saturated carbocycles. The number of urea groups is 3. The Labute approximate surface area is 594 Å². The number of nitrogens with two attached hydrogens (primary N) is 1. The lowest BCUT2D eigenvalue weighted by atomic mass is 10.0. The number of fused-ring (bicyclic) bond motifs is 3. The lowest BCUT2D eigenvalue weighted by Gasteiger charge is -2.19. The van der Waals surface area contributed by atoms with E-state index in [4.69, 9.17) is 10.8 Å². The van der Waals surface area contributed by atoms with Crippen LogP contribution in [0.1, 0.15) is 148 Å². The largest absolute Gasteiger partial charge is 0.480 e. The minimum absolute atomic E-state index is 0.0183. The van der Waals surface area contributed by atoms with Crippen LogP contribution in [0.5, 0.6) is 11.5 Å². The average Bonchev–Trinajstić information content (AvgIpc) is 1.73. The predicted octanol–water partition coefficient (Wildman–Crippen LogP) is 6.86. The summed E-state index contributed by atoms with van der Waals surface area (Å²) in [5, 5.41) is 50.1. The number of thioether (sulfide) groups is 3. The highest BCUT2D eigenvalue weighted by atomic mass is 32.2. The molecule has 6 saturated heterocycles. The van der Waals surface area contributed by atoms with E-state index in [-0.39, 0.29) is 102 Å². The zero-order valence-electron chi connectivity index (χ0n) is 56.8. The van der Waals surface area contributed by atoms with Crippen molar-refractivity contribution < 1.29 is 98.0 Å². The van der Waals surface area contributed by atoms with Gasteiger partial charge in [-0.15, -0.1) is 0 Å². The van der Waals surface area contributed by atoms with Crippen LogP contribution in [0.3, 0.4) is 0 Å². The van der Waals surface area contributed by atoms with Crippen molar-refractivity contribution in [2.75, 3.05) is 58.0 Å². The van der Waals surface area contributed by atoms with Gasteiger partial charge in [0.05, 0.1) is 36.3 Å². The molecule has 101 heavy (non-hydrogen) atoms. The maximum absolute atomic E-state index is 14.0. The number of halogens is 8. The van der Waals surface area contributed by atoms with Gasteiger partial charge >= 0.3 is 42.0 Å². The maximum atomic E-state index is 14.0. The first-order valence-electron chi connectivity index (χ1n) is 34.1. The van der Waals surface area contributed by atoms with E-state index in [0.29, 0.717) is 56.6 Å². The summed E-state index contributed by atoms with van der Waals surface area (Å²) in [7, 11) is 5.56. The van der Waals surface area contributed by atoms with Crippen molar-refractivity contribution in [1.82, 2.24) is 58.5 Å². The standard InChI is InChI=1S/C24H32F4N4O4S.C18H32N4O4S.C16H16F4N2O3S.C7H16N2O2/c1-29-10-6-2-3-7-15(23(34)36-22-19(27)13(25)11-14(26)20(22)28)30-18(33)9-5-4-8-17-21-16(12-37-17)31-24(35)32-21;1-19-10-6-2-3-7-12(17(24)25)20-15(23)9-5-4-8-14-16-13(11-27-14)21-18(26)22-16;17-7-5-8(18)13(20)15(12(7)19)25-11(23)4-2-1-3-10-14-9(6-26-10)21-16(24)22-14;1-9-5-3-2-4-6(8)7(10)11/h11,15-17,21,29H,2-10,12H2,1H3,(H,30,33)(H2,31,32,35);12-14,16,19H,2-11H2,1H3,(H,20,23)(H,24,25)(H2,21,22,26);5,9-10,14H,1-4,6H2,(H2,21,22,24);6,9H,2-5,8H2,1H3,(H,10,11). The number of aliphatic carboxylic acids is 2. The van der Waals surface area contributed by atoms with Crippen LogP contribution in [-0.4, -0.2) is 192 Å². The Morgan fingerprint density at radius 3 is 1.19 bits per heavy atom. The topological polar surface area (TPSA) is 371 Å². The summed E-state index contributed by atoms with van der Waals surface area (Å²) < 4.78 is 117. The molecular weight excluding hydrogens is 1400 g/mol. The number of benzene rings is 2. The molecule has 6 aliphatic rings. The summed E-state index contributed by atoms with van der Waals surface area (Å²) in [6.07, 6.45) is 14.5. The van der Waals surface area contributed by atoms with Gasteiger partial charge in [-0.05, 0) is 118 Å². The highest BCUT2D eigenvalue weighted by molar-refractivity contribution is 8.00. The molecule has 6 heterocycles. The van der Waals surface area contributed by atoms with Gasteiger partial charge in [0.15, 0.2) is 23.3 Å². The molecule has 0 radical (unpaired) electrons. The molecule has 12 unspecified atom stereocenters. The number of carbonyl (C=O) groups excluding carboxylic acids is 7. The molecule has 2 aromatic carbocycles. The number of esters is 2. The van der Waals surface area contributed by atoms with E-state index in [1.54, 1.807) is 30.6 Å². The Bertz CT molecular complexity index is 3020. The molecule has 6 fully saturated rings. The molecule has 8 rings (SSSR count). The number of hydrogen-bond donors (Lipinski definition) is 14. The Morgan fingerprint density at radius 2 is 0.812 bits per heavy atom. The SMILES string of the molecule is CNCCCCC(N)C(=O)O.CNCCCCCC(NC(=O)CCCCC1SCC2NC(=O)NC21)C(=O)O.CNCCCCCC(NC(=O)CCCCC1SCC2NC(=O)NC21)C(=O)Oc1c(F)c(F)cc(F)c1F.O=C1NC2CSC(CCCCC(=O)Oc3c(F)c(F)cc(F)c3F)C2N1. The molecule has 0 bridgehead atoms. The van der Waals surface area contributed by atoms with Crippen molar-refractivity contribution in [3.05, 3.63) is 58.7 Å².